The van der Waals surface area contributed by atoms with Gasteiger partial charge in [-0.05, 0) is 46.8 Å². The van der Waals surface area contributed by atoms with Gasteiger partial charge in [-0.25, -0.2) is 4.68 Å². The van der Waals surface area contributed by atoms with Crippen molar-refractivity contribution in [2.75, 3.05) is 38.2 Å². The van der Waals surface area contributed by atoms with E-state index < -0.39 is 0 Å². The van der Waals surface area contributed by atoms with E-state index >= 15 is 0 Å². The van der Waals surface area contributed by atoms with E-state index in [1.54, 1.807) is 18.3 Å². The van der Waals surface area contributed by atoms with Crippen molar-refractivity contribution in [3.8, 4) is 5.75 Å². The zero-order chi connectivity index (χ0) is 20.1. The molecule has 1 aliphatic heterocycles. The summed E-state index contributed by atoms with van der Waals surface area (Å²) < 4.78 is 12.7. The maximum atomic E-state index is 5.49. The van der Waals surface area contributed by atoms with Crippen molar-refractivity contribution in [3.05, 3.63) is 54.2 Å². The summed E-state index contributed by atoms with van der Waals surface area (Å²) in [6, 6.07) is 12.5. The maximum Gasteiger partial charge on any atom is 0.209 e. The van der Waals surface area contributed by atoms with Gasteiger partial charge in [-0.2, -0.15) is 0 Å². The Kier molecular flexibility index (Phi) is 6.09. The Morgan fingerprint density at radius 1 is 1.17 bits per heavy atom. The van der Waals surface area contributed by atoms with E-state index in [1.807, 2.05) is 28.9 Å². The van der Waals surface area contributed by atoms with Gasteiger partial charge < -0.3 is 19.0 Å². The third-order valence-electron chi connectivity index (χ3n) is 5.67. The third-order valence-corrected chi connectivity index (χ3v) is 5.67. The number of benzene rings is 1. The summed E-state index contributed by atoms with van der Waals surface area (Å²) >= 11 is 0. The predicted molar refractivity (Wildman–Crippen MR) is 109 cm³/mol. The van der Waals surface area contributed by atoms with Crippen LogP contribution in [0.25, 0.3) is 0 Å². The lowest BCUT2D eigenvalue weighted by atomic mass is 10.1. The fraction of sp³-hybridized carbons (Fsp3) is 0.476. The SMILES string of the molecule is CCC[C@H](c1nnnn1Cc1ccco1)[NH+]1CCN(c2ccc(OC)cc2)CC1. The highest BCUT2D eigenvalue weighted by atomic mass is 16.5. The van der Waals surface area contributed by atoms with Crippen molar-refractivity contribution in [1.29, 1.82) is 0 Å². The summed E-state index contributed by atoms with van der Waals surface area (Å²) in [6.07, 6.45) is 3.85. The number of anilines is 1. The molecule has 4 rings (SSSR count). The summed E-state index contributed by atoms with van der Waals surface area (Å²) in [5.74, 6) is 2.72. The summed E-state index contributed by atoms with van der Waals surface area (Å²) in [5.41, 5.74) is 1.25. The van der Waals surface area contributed by atoms with Crippen LogP contribution in [0.2, 0.25) is 0 Å². The first-order valence-corrected chi connectivity index (χ1v) is 10.3. The first kappa shape index (κ1) is 19.4. The molecule has 0 aliphatic carbocycles. The van der Waals surface area contributed by atoms with Gasteiger partial charge in [0.2, 0.25) is 5.82 Å². The van der Waals surface area contributed by atoms with E-state index in [0.717, 1.165) is 56.4 Å². The average Bonchev–Trinajstić information content (AvgIpc) is 3.45. The molecule has 1 fully saturated rings. The number of piperazine rings is 1. The van der Waals surface area contributed by atoms with Crippen LogP contribution >= 0.6 is 0 Å². The molecule has 1 atom stereocenters. The molecule has 8 nitrogen and oxygen atoms in total. The Balaban J connectivity index is 1.44. The summed E-state index contributed by atoms with van der Waals surface area (Å²) in [6.45, 7) is 6.94. The normalized spacial score (nSPS) is 16.1. The lowest BCUT2D eigenvalue weighted by Crippen LogP contribution is -3.15. The van der Waals surface area contributed by atoms with Gasteiger partial charge in [-0.3, -0.25) is 0 Å². The van der Waals surface area contributed by atoms with E-state index in [-0.39, 0.29) is 0 Å². The van der Waals surface area contributed by atoms with Crippen molar-refractivity contribution < 1.29 is 14.1 Å². The minimum atomic E-state index is 0.294. The van der Waals surface area contributed by atoms with E-state index in [2.05, 4.69) is 39.5 Å². The van der Waals surface area contributed by atoms with Crippen molar-refractivity contribution in [1.82, 2.24) is 20.2 Å². The number of hydrogen-bond donors (Lipinski definition) is 1. The van der Waals surface area contributed by atoms with E-state index in [9.17, 15) is 0 Å². The fourth-order valence-electron chi connectivity index (χ4n) is 4.12. The van der Waals surface area contributed by atoms with Gasteiger partial charge in [0, 0.05) is 12.1 Å². The number of quaternary nitrogens is 1. The smallest absolute Gasteiger partial charge is 0.209 e. The quantitative estimate of drug-likeness (QED) is 0.622. The van der Waals surface area contributed by atoms with Crippen LogP contribution in [0.3, 0.4) is 0 Å². The standard InChI is InChI=1S/C21H28N6O2/c1-3-5-20(21-22-23-24-27(21)16-19-6-4-15-29-19)26-13-11-25(12-14-26)17-7-9-18(28-2)10-8-17/h4,6-10,15,20H,3,5,11-14,16H2,1-2H3/p+1/t20-/m1/s1. The second-order valence-electron chi connectivity index (χ2n) is 7.46. The minimum absolute atomic E-state index is 0.294. The lowest BCUT2D eigenvalue weighted by molar-refractivity contribution is -0.933. The Labute approximate surface area is 171 Å². The van der Waals surface area contributed by atoms with Crippen molar-refractivity contribution >= 4 is 5.69 Å². The van der Waals surface area contributed by atoms with Gasteiger partial charge in [0.25, 0.3) is 0 Å². The molecule has 8 heteroatoms. The van der Waals surface area contributed by atoms with Crippen LogP contribution in [0.4, 0.5) is 5.69 Å². The number of nitrogens with zero attached hydrogens (tertiary/aromatic N) is 5. The molecule has 1 aromatic carbocycles. The van der Waals surface area contributed by atoms with Gasteiger partial charge >= 0.3 is 0 Å². The maximum absolute atomic E-state index is 5.49. The number of methoxy groups -OCH3 is 1. The van der Waals surface area contributed by atoms with E-state index in [4.69, 9.17) is 9.15 Å². The van der Waals surface area contributed by atoms with Crippen LogP contribution in [0.15, 0.2) is 47.1 Å². The van der Waals surface area contributed by atoms with Crippen LogP contribution < -0.4 is 14.5 Å². The number of tetrazole rings is 1. The van der Waals surface area contributed by atoms with Crippen molar-refractivity contribution in [2.45, 2.75) is 32.4 Å². The van der Waals surface area contributed by atoms with Gasteiger partial charge in [-0.1, -0.05) is 13.3 Å². The Morgan fingerprint density at radius 2 is 1.97 bits per heavy atom. The minimum Gasteiger partial charge on any atom is -0.497 e. The fourth-order valence-corrected chi connectivity index (χ4v) is 4.12. The Morgan fingerprint density at radius 3 is 2.62 bits per heavy atom. The molecule has 3 heterocycles. The van der Waals surface area contributed by atoms with Gasteiger partial charge in [0.1, 0.15) is 24.1 Å². The molecular formula is C21H29N6O2+. The van der Waals surface area contributed by atoms with E-state index in [0.29, 0.717) is 12.6 Å². The Bertz CT molecular complexity index is 869. The van der Waals surface area contributed by atoms with Crippen LogP contribution in [0.5, 0.6) is 5.75 Å². The van der Waals surface area contributed by atoms with Crippen LogP contribution in [-0.4, -0.2) is 53.5 Å². The van der Waals surface area contributed by atoms with Crippen LogP contribution in [-0.2, 0) is 6.54 Å². The topological polar surface area (TPSA) is 73.7 Å². The highest BCUT2D eigenvalue weighted by Crippen LogP contribution is 2.20. The molecule has 0 spiro atoms. The lowest BCUT2D eigenvalue weighted by Gasteiger charge is -2.37. The summed E-state index contributed by atoms with van der Waals surface area (Å²) in [7, 11) is 1.70. The molecule has 29 heavy (non-hydrogen) atoms. The molecule has 154 valence electrons. The molecule has 0 saturated carbocycles. The first-order chi connectivity index (χ1) is 14.3. The molecule has 1 aliphatic rings. The second-order valence-corrected chi connectivity index (χ2v) is 7.46. The third kappa shape index (κ3) is 4.42. The Hall–Kier alpha value is -2.87. The molecule has 3 aromatic rings. The van der Waals surface area contributed by atoms with Crippen molar-refractivity contribution in [2.24, 2.45) is 0 Å². The van der Waals surface area contributed by atoms with Gasteiger partial charge in [0.05, 0.1) is 39.6 Å². The number of ether oxygens (including phenoxy) is 1. The van der Waals surface area contributed by atoms with Gasteiger partial charge in [-0.15, -0.1) is 5.10 Å². The van der Waals surface area contributed by atoms with E-state index in [1.165, 1.54) is 5.69 Å². The molecule has 0 unspecified atom stereocenters. The summed E-state index contributed by atoms with van der Waals surface area (Å²) in [5, 5.41) is 12.6. The molecule has 0 bridgehead atoms. The largest absolute Gasteiger partial charge is 0.497 e. The summed E-state index contributed by atoms with van der Waals surface area (Å²) in [4.78, 5) is 3.99. The first-order valence-electron chi connectivity index (χ1n) is 10.3. The number of furan rings is 1. The monoisotopic (exact) mass is 397 g/mol. The average molecular weight is 398 g/mol. The zero-order valence-electron chi connectivity index (χ0n) is 17.1. The number of hydrogen-bond acceptors (Lipinski definition) is 6. The molecule has 0 amide bonds. The van der Waals surface area contributed by atoms with Crippen LogP contribution in [0.1, 0.15) is 37.4 Å². The zero-order valence-corrected chi connectivity index (χ0v) is 17.1. The molecule has 2 aromatic heterocycles. The highest BCUT2D eigenvalue weighted by Gasteiger charge is 2.32. The number of aromatic nitrogens is 4. The number of nitrogens with one attached hydrogen (secondary N) is 1. The van der Waals surface area contributed by atoms with Crippen LogP contribution in [0, 0.1) is 0 Å². The molecule has 1 N–H and O–H groups in total. The molecule has 0 radical (unpaired) electrons. The second kappa shape index (κ2) is 9.09. The molecule has 1 saturated heterocycles. The predicted octanol–water partition coefficient (Wildman–Crippen LogP) is 1.57. The molecular weight excluding hydrogens is 368 g/mol. The van der Waals surface area contributed by atoms with Crippen molar-refractivity contribution in [3.63, 3.8) is 0 Å². The number of rotatable bonds is 8. The van der Waals surface area contributed by atoms with Gasteiger partial charge in [0.15, 0.2) is 0 Å². The highest BCUT2D eigenvalue weighted by molar-refractivity contribution is 5.49.